The van der Waals surface area contributed by atoms with E-state index in [0.717, 1.165) is 0 Å². The summed E-state index contributed by atoms with van der Waals surface area (Å²) in [7, 11) is 0. The summed E-state index contributed by atoms with van der Waals surface area (Å²) in [5, 5.41) is 2.71. The van der Waals surface area contributed by atoms with Gasteiger partial charge in [-0.3, -0.25) is 4.79 Å². The molecule has 82 valence electrons. The molecular weight excluding hydrogens is 192 g/mol. The molecule has 5 nitrogen and oxygen atoms in total. The maximum atomic E-state index is 11.6. The van der Waals surface area contributed by atoms with Crippen molar-refractivity contribution in [1.82, 2.24) is 15.3 Å². The highest BCUT2D eigenvalue weighted by molar-refractivity contribution is 5.93. The van der Waals surface area contributed by atoms with Gasteiger partial charge in [0.2, 0.25) is 0 Å². The molecule has 1 heterocycles. The molecule has 0 spiro atoms. The number of amides is 1. The molecule has 5 heteroatoms. The van der Waals surface area contributed by atoms with Gasteiger partial charge in [-0.25, -0.2) is 9.97 Å². The summed E-state index contributed by atoms with van der Waals surface area (Å²) >= 11 is 0. The molecule has 0 saturated heterocycles. The molecule has 0 bridgehead atoms. The van der Waals surface area contributed by atoms with E-state index in [1.807, 2.05) is 13.8 Å². The van der Waals surface area contributed by atoms with Crippen LogP contribution in [0.2, 0.25) is 0 Å². The van der Waals surface area contributed by atoms with Crippen LogP contribution in [0.1, 0.15) is 30.0 Å². The molecule has 0 aliphatic rings. The normalized spacial score (nSPS) is 11.2. The minimum Gasteiger partial charge on any atom is -0.350 e. The van der Waals surface area contributed by atoms with Crippen molar-refractivity contribution in [3.05, 3.63) is 23.8 Å². The van der Waals surface area contributed by atoms with E-state index in [9.17, 15) is 4.79 Å². The Morgan fingerprint density at radius 3 is 2.47 bits per heavy atom. The fourth-order valence-electron chi connectivity index (χ4n) is 0.920. The Kier molecular flexibility index (Phi) is 3.36. The Hall–Kier alpha value is -1.49. The number of carbonyl (C=O) groups excluding carboxylic acids is 1. The van der Waals surface area contributed by atoms with Crippen molar-refractivity contribution in [2.24, 2.45) is 5.73 Å². The van der Waals surface area contributed by atoms with Crippen LogP contribution in [0.5, 0.6) is 0 Å². The van der Waals surface area contributed by atoms with Crippen LogP contribution >= 0.6 is 0 Å². The van der Waals surface area contributed by atoms with Gasteiger partial charge in [-0.15, -0.1) is 0 Å². The molecule has 1 rings (SSSR count). The minimum atomic E-state index is -0.415. The fraction of sp³-hybridized carbons (Fsp3) is 0.500. The number of hydrogen-bond donors (Lipinski definition) is 2. The summed E-state index contributed by atoms with van der Waals surface area (Å²) in [6.07, 6.45) is 3.00. The van der Waals surface area contributed by atoms with Gasteiger partial charge >= 0.3 is 0 Å². The van der Waals surface area contributed by atoms with E-state index in [1.54, 1.807) is 6.92 Å². The molecule has 0 aliphatic carbocycles. The Morgan fingerprint density at radius 1 is 1.47 bits per heavy atom. The number of hydrogen-bond acceptors (Lipinski definition) is 4. The van der Waals surface area contributed by atoms with E-state index in [2.05, 4.69) is 15.3 Å². The molecule has 1 amide bonds. The maximum absolute atomic E-state index is 11.6. The zero-order chi connectivity index (χ0) is 11.5. The van der Waals surface area contributed by atoms with Gasteiger partial charge in [0.15, 0.2) is 0 Å². The Labute approximate surface area is 89.1 Å². The summed E-state index contributed by atoms with van der Waals surface area (Å²) in [6.45, 7) is 5.88. The Balaban J connectivity index is 2.58. The zero-order valence-corrected chi connectivity index (χ0v) is 9.24. The van der Waals surface area contributed by atoms with Gasteiger partial charge in [-0.2, -0.15) is 0 Å². The monoisotopic (exact) mass is 208 g/mol. The minimum absolute atomic E-state index is 0.200. The highest BCUT2D eigenvalue weighted by atomic mass is 16.1. The van der Waals surface area contributed by atoms with E-state index in [4.69, 9.17) is 5.73 Å². The highest BCUT2D eigenvalue weighted by Gasteiger charge is 2.13. The molecule has 0 saturated carbocycles. The van der Waals surface area contributed by atoms with Gasteiger partial charge in [0, 0.05) is 24.5 Å². The van der Waals surface area contributed by atoms with Crippen molar-refractivity contribution < 1.29 is 4.79 Å². The van der Waals surface area contributed by atoms with Gasteiger partial charge in [0.25, 0.3) is 5.91 Å². The Morgan fingerprint density at radius 2 is 2.00 bits per heavy atom. The quantitative estimate of drug-likeness (QED) is 0.746. The largest absolute Gasteiger partial charge is 0.350 e. The number of nitrogens with two attached hydrogens (primary N) is 1. The summed E-state index contributed by atoms with van der Waals surface area (Å²) in [4.78, 5) is 19.4. The van der Waals surface area contributed by atoms with E-state index in [1.165, 1.54) is 12.4 Å². The van der Waals surface area contributed by atoms with Crippen molar-refractivity contribution in [2.75, 3.05) is 6.54 Å². The van der Waals surface area contributed by atoms with Crippen LogP contribution in [0, 0.1) is 6.92 Å². The van der Waals surface area contributed by atoms with Crippen LogP contribution in [0.3, 0.4) is 0 Å². The topological polar surface area (TPSA) is 80.9 Å². The van der Waals surface area contributed by atoms with Gasteiger partial charge in [0.05, 0.1) is 5.56 Å². The maximum Gasteiger partial charge on any atom is 0.254 e. The number of aryl methyl sites for hydroxylation is 1. The van der Waals surface area contributed by atoms with Gasteiger partial charge < -0.3 is 11.1 Å². The van der Waals surface area contributed by atoms with Crippen molar-refractivity contribution in [2.45, 2.75) is 26.3 Å². The predicted octanol–water partition coefficient (Wildman–Crippen LogP) is 0.252. The second-order valence-electron chi connectivity index (χ2n) is 4.19. The van der Waals surface area contributed by atoms with Crippen LogP contribution in [0.4, 0.5) is 0 Å². The summed E-state index contributed by atoms with van der Waals surface area (Å²) in [5.41, 5.74) is 5.77. The third kappa shape index (κ3) is 4.03. The molecule has 0 fully saturated rings. The number of carbonyl (C=O) groups is 1. The second-order valence-corrected chi connectivity index (χ2v) is 4.19. The molecule has 3 N–H and O–H groups in total. The number of rotatable bonds is 3. The molecule has 0 radical (unpaired) electrons. The Bertz CT molecular complexity index is 339. The number of nitrogens with zero attached hydrogens (tertiary/aromatic N) is 2. The third-order valence-corrected chi connectivity index (χ3v) is 1.75. The molecule has 0 atom stereocenters. The average Bonchev–Trinajstić information content (AvgIpc) is 2.14. The van der Waals surface area contributed by atoms with Crippen molar-refractivity contribution in [3.63, 3.8) is 0 Å². The zero-order valence-electron chi connectivity index (χ0n) is 9.24. The molecule has 0 aromatic carbocycles. The molecule has 1 aromatic rings. The van der Waals surface area contributed by atoms with Crippen molar-refractivity contribution in [1.29, 1.82) is 0 Å². The molecule has 1 aromatic heterocycles. The predicted molar refractivity (Wildman–Crippen MR) is 57.4 cm³/mol. The first-order valence-electron chi connectivity index (χ1n) is 4.74. The summed E-state index contributed by atoms with van der Waals surface area (Å²) in [6, 6.07) is 0. The van der Waals surface area contributed by atoms with Gasteiger partial charge in [0.1, 0.15) is 5.82 Å². The van der Waals surface area contributed by atoms with E-state index >= 15 is 0 Å². The van der Waals surface area contributed by atoms with E-state index in [-0.39, 0.29) is 5.91 Å². The SMILES string of the molecule is Cc1ncc(C(=O)NCC(C)(C)N)cn1. The van der Waals surface area contributed by atoms with E-state index in [0.29, 0.717) is 17.9 Å². The van der Waals surface area contributed by atoms with Crippen LogP contribution in [-0.2, 0) is 0 Å². The summed E-state index contributed by atoms with van der Waals surface area (Å²) < 4.78 is 0. The van der Waals surface area contributed by atoms with Crippen LogP contribution in [0.15, 0.2) is 12.4 Å². The lowest BCUT2D eigenvalue weighted by atomic mass is 10.1. The van der Waals surface area contributed by atoms with Gasteiger partial charge in [-0.05, 0) is 20.8 Å². The molecule has 0 aliphatic heterocycles. The third-order valence-electron chi connectivity index (χ3n) is 1.75. The first-order chi connectivity index (χ1) is 6.88. The average molecular weight is 208 g/mol. The number of aromatic nitrogens is 2. The lowest BCUT2D eigenvalue weighted by Crippen LogP contribution is -2.45. The van der Waals surface area contributed by atoms with Crippen LogP contribution < -0.4 is 11.1 Å². The fourth-order valence-corrected chi connectivity index (χ4v) is 0.920. The summed E-state index contributed by atoms with van der Waals surface area (Å²) in [5.74, 6) is 0.444. The molecule has 15 heavy (non-hydrogen) atoms. The highest BCUT2D eigenvalue weighted by Crippen LogP contribution is 1.97. The lowest BCUT2D eigenvalue weighted by molar-refractivity contribution is 0.0945. The molecule has 0 unspecified atom stereocenters. The smallest absolute Gasteiger partial charge is 0.254 e. The number of nitrogens with one attached hydrogen (secondary N) is 1. The van der Waals surface area contributed by atoms with E-state index < -0.39 is 5.54 Å². The standard InChI is InChI=1S/C10H16N4O/c1-7-12-4-8(5-13-7)9(15)14-6-10(2,3)11/h4-5H,6,11H2,1-3H3,(H,14,15). The van der Waals surface area contributed by atoms with Gasteiger partial charge in [-0.1, -0.05) is 0 Å². The van der Waals surface area contributed by atoms with Crippen LogP contribution in [-0.4, -0.2) is 28.0 Å². The first-order valence-corrected chi connectivity index (χ1v) is 4.74. The first kappa shape index (κ1) is 11.6. The lowest BCUT2D eigenvalue weighted by Gasteiger charge is -2.18. The molecular formula is C10H16N4O. The van der Waals surface area contributed by atoms with Crippen LogP contribution in [0.25, 0.3) is 0 Å². The van der Waals surface area contributed by atoms with Crippen molar-refractivity contribution in [3.8, 4) is 0 Å². The second kappa shape index (κ2) is 4.35. The van der Waals surface area contributed by atoms with Crippen molar-refractivity contribution >= 4 is 5.91 Å².